The lowest BCUT2D eigenvalue weighted by Gasteiger charge is -2.26. The van der Waals surface area contributed by atoms with Crippen LogP contribution in [0.2, 0.25) is 0 Å². The third-order valence-electron chi connectivity index (χ3n) is 3.15. The largest absolute Gasteiger partial charge is 0.508 e. The Morgan fingerprint density at radius 3 is 2.28 bits per heavy atom. The van der Waals surface area contributed by atoms with Gasteiger partial charge in [0.2, 0.25) is 0 Å². The van der Waals surface area contributed by atoms with Crippen LogP contribution in [0.1, 0.15) is 23.6 Å². The molecule has 0 saturated heterocycles. The molecule has 0 radical (unpaired) electrons. The van der Waals surface area contributed by atoms with Gasteiger partial charge in [0.1, 0.15) is 17.2 Å². The molecule has 1 atom stereocenters. The lowest BCUT2D eigenvalue weighted by atomic mass is 9.85. The minimum atomic E-state index is -1.29. The maximum atomic E-state index is 13.3. The van der Waals surface area contributed by atoms with Crippen molar-refractivity contribution < 1.29 is 14.6 Å². The molecule has 2 rings (SSSR count). The number of hydrogen-bond acceptors (Lipinski definition) is 2. The van der Waals surface area contributed by atoms with E-state index in [4.69, 9.17) is 0 Å². The van der Waals surface area contributed by atoms with Crippen molar-refractivity contribution in [3.63, 3.8) is 0 Å². The molecule has 0 aliphatic carbocycles. The molecule has 18 heavy (non-hydrogen) atoms. The van der Waals surface area contributed by atoms with E-state index in [1.54, 1.807) is 25.1 Å². The van der Waals surface area contributed by atoms with Gasteiger partial charge in [0.05, 0.1) is 0 Å². The molecule has 2 aromatic carbocycles. The Balaban J connectivity index is 2.53. The molecule has 0 aliphatic rings. The monoisotopic (exact) mass is 246 g/mol. The number of aliphatic hydroxyl groups is 1. The highest BCUT2D eigenvalue weighted by molar-refractivity contribution is 5.41. The summed E-state index contributed by atoms with van der Waals surface area (Å²) in [5.41, 5.74) is 0.650. The topological polar surface area (TPSA) is 40.5 Å². The first-order valence-corrected chi connectivity index (χ1v) is 5.70. The summed E-state index contributed by atoms with van der Waals surface area (Å²) < 4.78 is 13.3. The first kappa shape index (κ1) is 12.6. The third kappa shape index (κ3) is 2.22. The number of halogens is 1. The average molecular weight is 246 g/mol. The molecule has 0 fully saturated rings. The molecule has 0 aliphatic heterocycles. The van der Waals surface area contributed by atoms with Gasteiger partial charge in [-0.3, -0.25) is 0 Å². The summed E-state index contributed by atoms with van der Waals surface area (Å²) in [4.78, 5) is 0. The van der Waals surface area contributed by atoms with Gasteiger partial charge < -0.3 is 10.2 Å². The Kier molecular flexibility index (Phi) is 3.09. The van der Waals surface area contributed by atoms with Gasteiger partial charge >= 0.3 is 0 Å². The normalized spacial score (nSPS) is 14.2. The summed E-state index contributed by atoms with van der Waals surface area (Å²) >= 11 is 0. The number of phenolic OH excluding ortho intramolecular Hbond substituents is 1. The zero-order valence-electron chi connectivity index (χ0n) is 10.3. The van der Waals surface area contributed by atoms with Crippen molar-refractivity contribution in [3.05, 3.63) is 65.0 Å². The van der Waals surface area contributed by atoms with Crippen LogP contribution < -0.4 is 0 Å². The maximum Gasteiger partial charge on any atom is 0.123 e. The first-order chi connectivity index (χ1) is 8.41. The van der Waals surface area contributed by atoms with Gasteiger partial charge in [-0.1, -0.05) is 18.2 Å². The quantitative estimate of drug-likeness (QED) is 0.854. The molecule has 0 spiro atoms. The maximum absolute atomic E-state index is 13.3. The van der Waals surface area contributed by atoms with Gasteiger partial charge in [0, 0.05) is 0 Å². The van der Waals surface area contributed by atoms with Crippen LogP contribution in [0.25, 0.3) is 0 Å². The van der Waals surface area contributed by atoms with Crippen molar-refractivity contribution in [3.8, 4) is 5.75 Å². The second-order valence-corrected chi connectivity index (χ2v) is 4.58. The molecule has 0 bridgehead atoms. The van der Waals surface area contributed by atoms with Gasteiger partial charge in [-0.15, -0.1) is 0 Å². The lowest BCUT2D eigenvalue weighted by molar-refractivity contribution is 0.101. The molecule has 3 heteroatoms. The zero-order chi connectivity index (χ0) is 13.3. The lowest BCUT2D eigenvalue weighted by Crippen LogP contribution is -2.24. The molecule has 2 N–H and O–H groups in total. The summed E-state index contributed by atoms with van der Waals surface area (Å²) in [5.74, 6) is -0.250. The third-order valence-corrected chi connectivity index (χ3v) is 3.15. The van der Waals surface area contributed by atoms with E-state index < -0.39 is 5.60 Å². The highest BCUT2D eigenvalue weighted by Gasteiger charge is 2.27. The second-order valence-electron chi connectivity index (χ2n) is 4.58. The molecule has 1 unspecified atom stereocenters. The van der Waals surface area contributed by atoms with Crippen LogP contribution in [0.4, 0.5) is 4.39 Å². The summed E-state index contributed by atoms with van der Waals surface area (Å²) in [5, 5.41) is 19.9. The van der Waals surface area contributed by atoms with E-state index in [1.165, 1.54) is 24.3 Å². The number of benzene rings is 2. The van der Waals surface area contributed by atoms with Gasteiger partial charge in [-0.25, -0.2) is 4.39 Å². The van der Waals surface area contributed by atoms with Crippen LogP contribution in [0.15, 0.2) is 42.5 Å². The average Bonchev–Trinajstić information content (AvgIpc) is 2.32. The van der Waals surface area contributed by atoms with Crippen molar-refractivity contribution >= 4 is 0 Å². The van der Waals surface area contributed by atoms with Crippen LogP contribution in [0, 0.1) is 12.7 Å². The highest BCUT2D eigenvalue weighted by Crippen LogP contribution is 2.32. The summed E-state index contributed by atoms with van der Waals surface area (Å²) in [6.45, 7) is 3.44. The number of rotatable bonds is 2. The molecule has 2 aromatic rings. The van der Waals surface area contributed by atoms with E-state index >= 15 is 0 Å². The summed E-state index contributed by atoms with van der Waals surface area (Å²) in [6, 6.07) is 10.6. The fourth-order valence-electron chi connectivity index (χ4n) is 2.06. The van der Waals surface area contributed by atoms with E-state index in [0.29, 0.717) is 11.1 Å². The van der Waals surface area contributed by atoms with Gasteiger partial charge in [0.25, 0.3) is 0 Å². The van der Waals surface area contributed by atoms with E-state index in [0.717, 1.165) is 5.56 Å². The van der Waals surface area contributed by atoms with E-state index in [-0.39, 0.29) is 11.6 Å². The Labute approximate surface area is 105 Å². The van der Waals surface area contributed by atoms with Crippen molar-refractivity contribution in [1.29, 1.82) is 0 Å². The van der Waals surface area contributed by atoms with Crippen LogP contribution in [0.5, 0.6) is 5.75 Å². The van der Waals surface area contributed by atoms with Crippen molar-refractivity contribution in [2.45, 2.75) is 19.4 Å². The Bertz CT molecular complexity index is 559. The molecule has 2 nitrogen and oxygen atoms in total. The zero-order valence-corrected chi connectivity index (χ0v) is 10.3. The van der Waals surface area contributed by atoms with Crippen LogP contribution in [-0.2, 0) is 5.60 Å². The number of aromatic hydroxyl groups is 1. The fourth-order valence-corrected chi connectivity index (χ4v) is 2.06. The van der Waals surface area contributed by atoms with E-state index in [1.807, 2.05) is 6.92 Å². The van der Waals surface area contributed by atoms with Crippen LogP contribution >= 0.6 is 0 Å². The SMILES string of the molecule is Cc1ccc(F)cc1C(C)(O)c1ccc(O)cc1. The van der Waals surface area contributed by atoms with Crippen molar-refractivity contribution in [2.75, 3.05) is 0 Å². The second kappa shape index (κ2) is 4.42. The van der Waals surface area contributed by atoms with Crippen molar-refractivity contribution in [1.82, 2.24) is 0 Å². The summed E-state index contributed by atoms with van der Waals surface area (Å²) in [6.07, 6.45) is 0. The molecule has 0 amide bonds. The molecule has 0 saturated carbocycles. The highest BCUT2D eigenvalue weighted by atomic mass is 19.1. The standard InChI is InChI=1S/C15H15FO2/c1-10-3-6-12(16)9-14(10)15(2,18)11-4-7-13(17)8-5-11/h3-9,17-18H,1-2H3. The van der Waals surface area contributed by atoms with Crippen molar-refractivity contribution in [2.24, 2.45) is 0 Å². The number of aryl methyl sites for hydroxylation is 1. The van der Waals surface area contributed by atoms with Gasteiger partial charge in [0.15, 0.2) is 0 Å². The van der Waals surface area contributed by atoms with E-state index in [2.05, 4.69) is 0 Å². The molecule has 0 aromatic heterocycles. The molecule has 94 valence electrons. The van der Waals surface area contributed by atoms with Gasteiger partial charge in [-0.2, -0.15) is 0 Å². The smallest absolute Gasteiger partial charge is 0.123 e. The fraction of sp³-hybridized carbons (Fsp3) is 0.200. The Morgan fingerprint density at radius 2 is 1.67 bits per heavy atom. The predicted molar refractivity (Wildman–Crippen MR) is 67.9 cm³/mol. The number of phenols is 1. The first-order valence-electron chi connectivity index (χ1n) is 5.70. The van der Waals surface area contributed by atoms with Crippen LogP contribution in [0.3, 0.4) is 0 Å². The minimum absolute atomic E-state index is 0.130. The van der Waals surface area contributed by atoms with E-state index in [9.17, 15) is 14.6 Å². The Hall–Kier alpha value is -1.87. The predicted octanol–water partition coefficient (Wildman–Crippen LogP) is 3.10. The molecular formula is C15H15FO2. The molecular weight excluding hydrogens is 231 g/mol. The number of hydrogen-bond donors (Lipinski definition) is 2. The van der Waals surface area contributed by atoms with Gasteiger partial charge in [-0.05, 0) is 54.8 Å². The summed E-state index contributed by atoms with van der Waals surface area (Å²) in [7, 11) is 0. The minimum Gasteiger partial charge on any atom is -0.508 e. The molecule has 0 heterocycles. The Morgan fingerprint density at radius 1 is 1.06 bits per heavy atom. The van der Waals surface area contributed by atoms with Crippen LogP contribution in [-0.4, -0.2) is 10.2 Å².